The number of hydrogen-bond acceptors (Lipinski definition) is 4. The molecule has 5 nitrogen and oxygen atoms in total. The van der Waals surface area contributed by atoms with Crippen LogP contribution in [0.4, 0.5) is 11.5 Å². The van der Waals surface area contributed by atoms with Crippen LogP contribution in [-0.4, -0.2) is 36.0 Å². The monoisotopic (exact) mass is 310 g/mol. The van der Waals surface area contributed by atoms with Crippen LogP contribution in [0.3, 0.4) is 0 Å². The molecule has 1 aromatic carbocycles. The van der Waals surface area contributed by atoms with E-state index in [0.29, 0.717) is 12.3 Å². The van der Waals surface area contributed by atoms with Gasteiger partial charge in [-0.3, -0.25) is 4.79 Å². The van der Waals surface area contributed by atoms with Crippen LogP contribution in [0.25, 0.3) is 0 Å². The number of rotatable bonds is 5. The minimum atomic E-state index is 0.196. The summed E-state index contributed by atoms with van der Waals surface area (Å²) < 4.78 is 0. The highest BCUT2D eigenvalue weighted by atomic mass is 16.2. The van der Waals surface area contributed by atoms with Gasteiger partial charge in [0.05, 0.1) is 0 Å². The van der Waals surface area contributed by atoms with E-state index in [1.54, 1.807) is 6.33 Å². The summed E-state index contributed by atoms with van der Waals surface area (Å²) in [4.78, 5) is 24.9. The van der Waals surface area contributed by atoms with Crippen molar-refractivity contribution in [3.8, 4) is 0 Å². The molecule has 0 N–H and O–H groups in total. The molecule has 0 saturated carbocycles. The van der Waals surface area contributed by atoms with E-state index < -0.39 is 0 Å². The minimum Gasteiger partial charge on any atom is -0.360 e. The standard InChI is InChI=1S/C18H22N4O/c1-3-21(2)17-11-15(19-13-20-17)9-14-10-18(23)22(12-14)16-7-5-4-6-8-16/h4-8,11,13-14H,3,9-10,12H2,1-2H3/t14-/m0/s1. The summed E-state index contributed by atoms with van der Waals surface area (Å²) >= 11 is 0. The SMILES string of the molecule is CCN(C)c1cc(C[C@H]2CC(=O)N(c3ccccc3)C2)ncn1. The van der Waals surface area contributed by atoms with Gasteiger partial charge in [-0.2, -0.15) is 0 Å². The van der Waals surface area contributed by atoms with Gasteiger partial charge in [-0.05, 0) is 31.4 Å². The maximum Gasteiger partial charge on any atom is 0.227 e. The number of para-hydroxylation sites is 1. The molecule has 0 radical (unpaired) electrons. The third kappa shape index (κ3) is 3.50. The molecule has 0 bridgehead atoms. The van der Waals surface area contributed by atoms with Gasteiger partial charge in [0.2, 0.25) is 5.91 Å². The van der Waals surface area contributed by atoms with Crippen LogP contribution in [0.2, 0.25) is 0 Å². The molecule has 3 rings (SSSR count). The van der Waals surface area contributed by atoms with Crippen LogP contribution < -0.4 is 9.80 Å². The minimum absolute atomic E-state index is 0.196. The Labute approximate surface area is 137 Å². The van der Waals surface area contributed by atoms with E-state index in [0.717, 1.165) is 36.7 Å². The summed E-state index contributed by atoms with van der Waals surface area (Å²) in [6.07, 6.45) is 3.00. The van der Waals surface area contributed by atoms with Gasteiger partial charge in [0.15, 0.2) is 0 Å². The van der Waals surface area contributed by atoms with Crippen molar-refractivity contribution in [2.75, 3.05) is 29.9 Å². The highest BCUT2D eigenvalue weighted by molar-refractivity contribution is 5.95. The number of anilines is 2. The van der Waals surface area contributed by atoms with Crippen LogP contribution in [0, 0.1) is 5.92 Å². The first-order valence-electron chi connectivity index (χ1n) is 8.05. The Hall–Kier alpha value is -2.43. The molecular formula is C18H22N4O. The maximum absolute atomic E-state index is 12.3. The summed E-state index contributed by atoms with van der Waals surface area (Å²) in [6.45, 7) is 3.75. The molecule has 5 heteroatoms. The van der Waals surface area contributed by atoms with Crippen molar-refractivity contribution in [3.05, 3.63) is 48.4 Å². The molecule has 120 valence electrons. The highest BCUT2D eigenvalue weighted by Crippen LogP contribution is 2.27. The number of hydrogen-bond donors (Lipinski definition) is 0. The van der Waals surface area contributed by atoms with Gasteiger partial charge in [-0.25, -0.2) is 9.97 Å². The second kappa shape index (κ2) is 6.77. The Bertz CT molecular complexity index is 674. The fourth-order valence-corrected chi connectivity index (χ4v) is 2.94. The lowest BCUT2D eigenvalue weighted by Crippen LogP contribution is -2.24. The molecule has 2 aromatic rings. The average molecular weight is 310 g/mol. The molecule has 1 saturated heterocycles. The summed E-state index contributed by atoms with van der Waals surface area (Å²) in [7, 11) is 2.02. The van der Waals surface area contributed by atoms with Gasteiger partial charge >= 0.3 is 0 Å². The van der Waals surface area contributed by atoms with Crippen LogP contribution in [0.5, 0.6) is 0 Å². The van der Waals surface area contributed by atoms with Crippen molar-refractivity contribution in [3.63, 3.8) is 0 Å². The zero-order valence-corrected chi connectivity index (χ0v) is 13.6. The van der Waals surface area contributed by atoms with Gasteiger partial charge in [0.1, 0.15) is 12.1 Å². The first-order valence-corrected chi connectivity index (χ1v) is 8.05. The molecule has 23 heavy (non-hydrogen) atoms. The molecule has 2 heterocycles. The maximum atomic E-state index is 12.3. The smallest absolute Gasteiger partial charge is 0.227 e. The van der Waals surface area contributed by atoms with E-state index in [1.807, 2.05) is 48.3 Å². The van der Waals surface area contributed by atoms with Gasteiger partial charge < -0.3 is 9.80 Å². The predicted octanol–water partition coefficient (Wildman–Crippen LogP) is 2.53. The van der Waals surface area contributed by atoms with Crippen molar-refractivity contribution in [2.45, 2.75) is 19.8 Å². The van der Waals surface area contributed by atoms with E-state index >= 15 is 0 Å². The second-order valence-electron chi connectivity index (χ2n) is 6.00. The zero-order valence-electron chi connectivity index (χ0n) is 13.6. The molecule has 0 spiro atoms. The summed E-state index contributed by atoms with van der Waals surface area (Å²) in [5, 5.41) is 0. The van der Waals surface area contributed by atoms with Crippen molar-refractivity contribution >= 4 is 17.4 Å². The third-order valence-electron chi connectivity index (χ3n) is 4.35. The molecule has 1 atom stereocenters. The van der Waals surface area contributed by atoms with Crippen molar-refractivity contribution < 1.29 is 4.79 Å². The molecule has 1 aromatic heterocycles. The quantitative estimate of drug-likeness (QED) is 0.851. The molecule has 0 unspecified atom stereocenters. The van der Waals surface area contributed by atoms with Crippen LogP contribution >= 0.6 is 0 Å². The highest BCUT2D eigenvalue weighted by Gasteiger charge is 2.30. The molecule has 1 amide bonds. The van der Waals surface area contributed by atoms with Crippen molar-refractivity contribution in [1.29, 1.82) is 0 Å². The lowest BCUT2D eigenvalue weighted by molar-refractivity contribution is -0.117. The molecule has 1 fully saturated rings. The summed E-state index contributed by atoms with van der Waals surface area (Å²) in [5.41, 5.74) is 1.98. The number of carbonyl (C=O) groups excluding carboxylic acids is 1. The number of benzene rings is 1. The Kier molecular flexibility index (Phi) is 4.55. The van der Waals surface area contributed by atoms with Crippen molar-refractivity contribution in [2.24, 2.45) is 5.92 Å². The first kappa shape index (κ1) is 15.5. The summed E-state index contributed by atoms with van der Waals surface area (Å²) in [5.74, 6) is 1.43. The average Bonchev–Trinajstić information content (AvgIpc) is 2.95. The van der Waals surface area contributed by atoms with Gasteiger partial charge in [-0.1, -0.05) is 18.2 Å². The zero-order chi connectivity index (χ0) is 16.2. The molecule has 1 aliphatic rings. The number of amides is 1. The second-order valence-corrected chi connectivity index (χ2v) is 6.00. The number of carbonyl (C=O) groups is 1. The van der Waals surface area contributed by atoms with Crippen LogP contribution in [-0.2, 0) is 11.2 Å². The Balaban J connectivity index is 1.69. The van der Waals surface area contributed by atoms with E-state index in [-0.39, 0.29) is 5.91 Å². The fourth-order valence-electron chi connectivity index (χ4n) is 2.94. The molecular weight excluding hydrogens is 288 g/mol. The molecule has 0 aliphatic carbocycles. The Morgan fingerprint density at radius 3 is 2.78 bits per heavy atom. The molecule has 1 aliphatic heterocycles. The lowest BCUT2D eigenvalue weighted by Gasteiger charge is -2.17. The van der Waals surface area contributed by atoms with Crippen LogP contribution in [0.1, 0.15) is 19.0 Å². The van der Waals surface area contributed by atoms with E-state index in [2.05, 4.69) is 21.8 Å². The predicted molar refractivity (Wildman–Crippen MR) is 91.6 cm³/mol. The lowest BCUT2D eigenvalue weighted by atomic mass is 10.0. The van der Waals surface area contributed by atoms with Gasteiger partial charge in [0.25, 0.3) is 0 Å². The van der Waals surface area contributed by atoms with E-state index in [4.69, 9.17) is 0 Å². The summed E-state index contributed by atoms with van der Waals surface area (Å²) in [6, 6.07) is 11.9. The van der Waals surface area contributed by atoms with Crippen LogP contribution in [0.15, 0.2) is 42.7 Å². The largest absolute Gasteiger partial charge is 0.360 e. The number of aromatic nitrogens is 2. The van der Waals surface area contributed by atoms with Crippen molar-refractivity contribution in [1.82, 2.24) is 9.97 Å². The topological polar surface area (TPSA) is 49.3 Å². The van der Waals surface area contributed by atoms with Gasteiger partial charge in [0, 0.05) is 44.0 Å². The Morgan fingerprint density at radius 2 is 2.04 bits per heavy atom. The van der Waals surface area contributed by atoms with E-state index in [1.165, 1.54) is 0 Å². The third-order valence-corrected chi connectivity index (χ3v) is 4.35. The Morgan fingerprint density at radius 1 is 1.26 bits per heavy atom. The fraction of sp³-hybridized carbons (Fsp3) is 0.389. The van der Waals surface area contributed by atoms with Gasteiger partial charge in [-0.15, -0.1) is 0 Å². The normalized spacial score (nSPS) is 17.6. The number of nitrogens with zero attached hydrogens (tertiary/aromatic N) is 4. The first-order chi connectivity index (χ1) is 11.2. The van der Waals surface area contributed by atoms with E-state index in [9.17, 15) is 4.79 Å².